The summed E-state index contributed by atoms with van der Waals surface area (Å²) in [4.78, 5) is 11.8. The van der Waals surface area contributed by atoms with Gasteiger partial charge in [0.2, 0.25) is 5.91 Å². The van der Waals surface area contributed by atoms with Crippen LogP contribution >= 0.6 is 12.4 Å². The number of hydrogen-bond acceptors (Lipinski definition) is 2. The van der Waals surface area contributed by atoms with Gasteiger partial charge in [0.1, 0.15) is 0 Å². The third kappa shape index (κ3) is 6.40. The molecule has 20 heavy (non-hydrogen) atoms. The molecule has 3 nitrogen and oxygen atoms in total. The third-order valence-corrected chi connectivity index (χ3v) is 3.60. The zero-order valence-corrected chi connectivity index (χ0v) is 12.9. The molecule has 1 aliphatic rings. The molecule has 1 aromatic rings. The second-order valence-electron chi connectivity index (χ2n) is 5.44. The molecule has 1 aliphatic carbocycles. The molecule has 1 unspecified atom stereocenters. The van der Waals surface area contributed by atoms with Crippen molar-refractivity contribution in [2.45, 2.75) is 38.6 Å². The summed E-state index contributed by atoms with van der Waals surface area (Å²) in [6.45, 7) is 3.55. The maximum atomic E-state index is 11.8. The van der Waals surface area contributed by atoms with Gasteiger partial charge in [0.15, 0.2) is 0 Å². The number of hydrogen-bond donors (Lipinski definition) is 2. The Bertz CT molecular complexity index is 393. The van der Waals surface area contributed by atoms with Gasteiger partial charge < -0.3 is 10.6 Å². The molecule has 2 rings (SSSR count). The first kappa shape index (κ1) is 17.0. The minimum Gasteiger partial charge on any atom is -0.352 e. The van der Waals surface area contributed by atoms with Crippen LogP contribution in [0.25, 0.3) is 0 Å². The summed E-state index contributed by atoms with van der Waals surface area (Å²) < 4.78 is 0. The van der Waals surface area contributed by atoms with Gasteiger partial charge >= 0.3 is 0 Å². The molecule has 1 saturated carbocycles. The number of carbonyl (C=O) groups is 1. The molecular weight excluding hydrogens is 272 g/mol. The SMILES string of the molecule is CCC(Cc1ccccc1)NC(=O)CNCC1CC1.Cl. The van der Waals surface area contributed by atoms with Gasteiger partial charge in [-0.25, -0.2) is 0 Å². The summed E-state index contributed by atoms with van der Waals surface area (Å²) in [6, 6.07) is 10.6. The Balaban J connectivity index is 0.00000200. The number of nitrogens with one attached hydrogen (secondary N) is 2. The van der Waals surface area contributed by atoms with Crippen molar-refractivity contribution in [3.05, 3.63) is 35.9 Å². The summed E-state index contributed by atoms with van der Waals surface area (Å²) in [7, 11) is 0. The lowest BCUT2D eigenvalue weighted by Crippen LogP contribution is -2.41. The van der Waals surface area contributed by atoms with Crippen molar-refractivity contribution in [3.8, 4) is 0 Å². The Morgan fingerprint density at radius 2 is 2.00 bits per heavy atom. The molecule has 0 heterocycles. The van der Waals surface area contributed by atoms with Crippen molar-refractivity contribution in [2.75, 3.05) is 13.1 Å². The van der Waals surface area contributed by atoms with Crippen LogP contribution in [0, 0.1) is 5.92 Å². The van der Waals surface area contributed by atoms with Crippen LogP contribution in [-0.2, 0) is 11.2 Å². The highest BCUT2D eigenvalue weighted by molar-refractivity contribution is 5.85. The van der Waals surface area contributed by atoms with Gasteiger partial charge in [-0.15, -0.1) is 12.4 Å². The molecule has 1 aromatic carbocycles. The summed E-state index contributed by atoms with van der Waals surface area (Å²) in [5, 5.41) is 6.34. The Morgan fingerprint density at radius 3 is 2.60 bits per heavy atom. The molecule has 4 heteroatoms. The van der Waals surface area contributed by atoms with Crippen molar-refractivity contribution in [1.82, 2.24) is 10.6 Å². The molecular formula is C16H25ClN2O. The predicted molar refractivity (Wildman–Crippen MR) is 85.2 cm³/mol. The molecule has 1 amide bonds. The van der Waals surface area contributed by atoms with E-state index in [4.69, 9.17) is 0 Å². The summed E-state index contributed by atoms with van der Waals surface area (Å²) >= 11 is 0. The Hall–Kier alpha value is -1.06. The first-order valence-corrected chi connectivity index (χ1v) is 7.32. The summed E-state index contributed by atoms with van der Waals surface area (Å²) in [6.07, 6.45) is 4.51. The van der Waals surface area contributed by atoms with E-state index < -0.39 is 0 Å². The van der Waals surface area contributed by atoms with E-state index in [1.807, 2.05) is 18.2 Å². The van der Waals surface area contributed by atoms with E-state index in [0.29, 0.717) is 6.54 Å². The zero-order chi connectivity index (χ0) is 13.5. The van der Waals surface area contributed by atoms with Gasteiger partial charge in [-0.2, -0.15) is 0 Å². The van der Waals surface area contributed by atoms with Crippen LogP contribution in [0.3, 0.4) is 0 Å². The Labute approximate surface area is 127 Å². The van der Waals surface area contributed by atoms with Crippen LogP contribution in [0.1, 0.15) is 31.7 Å². The zero-order valence-electron chi connectivity index (χ0n) is 12.1. The molecule has 0 radical (unpaired) electrons. The van der Waals surface area contributed by atoms with Crippen LogP contribution < -0.4 is 10.6 Å². The fourth-order valence-electron chi connectivity index (χ4n) is 2.19. The van der Waals surface area contributed by atoms with E-state index >= 15 is 0 Å². The van der Waals surface area contributed by atoms with Gasteiger partial charge in [0.05, 0.1) is 6.54 Å². The van der Waals surface area contributed by atoms with E-state index in [0.717, 1.165) is 25.3 Å². The summed E-state index contributed by atoms with van der Waals surface area (Å²) in [5.41, 5.74) is 1.28. The monoisotopic (exact) mass is 296 g/mol. The third-order valence-electron chi connectivity index (χ3n) is 3.60. The highest BCUT2D eigenvalue weighted by Gasteiger charge is 2.20. The van der Waals surface area contributed by atoms with Gasteiger partial charge in [0.25, 0.3) is 0 Å². The first-order valence-electron chi connectivity index (χ1n) is 7.32. The maximum Gasteiger partial charge on any atom is 0.234 e. The van der Waals surface area contributed by atoms with Gasteiger partial charge in [0, 0.05) is 6.04 Å². The lowest BCUT2D eigenvalue weighted by Gasteiger charge is -2.17. The number of carbonyl (C=O) groups excluding carboxylic acids is 1. The lowest BCUT2D eigenvalue weighted by atomic mass is 10.0. The fraction of sp³-hybridized carbons (Fsp3) is 0.562. The predicted octanol–water partition coefficient (Wildman–Crippen LogP) is 2.55. The molecule has 112 valence electrons. The number of amides is 1. The second kappa shape index (κ2) is 8.98. The maximum absolute atomic E-state index is 11.8. The lowest BCUT2D eigenvalue weighted by molar-refractivity contribution is -0.120. The van der Waals surface area contributed by atoms with Crippen LogP contribution in [0.4, 0.5) is 0 Å². The van der Waals surface area contributed by atoms with Crippen LogP contribution in [0.5, 0.6) is 0 Å². The molecule has 1 fully saturated rings. The molecule has 1 atom stereocenters. The molecule has 0 bridgehead atoms. The van der Waals surface area contributed by atoms with E-state index in [9.17, 15) is 4.79 Å². The average molecular weight is 297 g/mol. The minimum absolute atomic E-state index is 0. The smallest absolute Gasteiger partial charge is 0.234 e. The topological polar surface area (TPSA) is 41.1 Å². The van der Waals surface area contributed by atoms with Gasteiger partial charge in [-0.05, 0) is 43.7 Å². The second-order valence-corrected chi connectivity index (χ2v) is 5.44. The molecule has 0 aromatic heterocycles. The van der Waals surface area contributed by atoms with Crippen LogP contribution in [0.15, 0.2) is 30.3 Å². The minimum atomic E-state index is 0. The standard InChI is InChI=1S/C16H24N2O.ClH/c1-2-15(10-13-6-4-3-5-7-13)18-16(19)12-17-11-14-8-9-14;/h3-7,14-15,17H,2,8-12H2,1H3,(H,18,19);1H. The average Bonchev–Trinajstić information content (AvgIpc) is 3.23. The number of rotatable bonds is 8. The number of halogens is 1. The van der Waals surface area contributed by atoms with Gasteiger partial charge in [-0.1, -0.05) is 37.3 Å². The Kier molecular flexibility index (Phi) is 7.63. The van der Waals surface area contributed by atoms with Crippen molar-refractivity contribution in [3.63, 3.8) is 0 Å². The van der Waals surface area contributed by atoms with Gasteiger partial charge in [-0.3, -0.25) is 4.79 Å². The van der Waals surface area contributed by atoms with E-state index in [1.54, 1.807) is 0 Å². The first-order chi connectivity index (χ1) is 9.28. The largest absolute Gasteiger partial charge is 0.352 e. The normalized spacial score (nSPS) is 15.2. The number of benzene rings is 1. The summed E-state index contributed by atoms with van der Waals surface area (Å²) in [5.74, 6) is 0.933. The highest BCUT2D eigenvalue weighted by Crippen LogP contribution is 2.27. The molecule has 0 spiro atoms. The van der Waals surface area contributed by atoms with Crippen molar-refractivity contribution < 1.29 is 4.79 Å². The van der Waals surface area contributed by atoms with E-state index in [1.165, 1.54) is 18.4 Å². The molecule has 0 aliphatic heterocycles. The van der Waals surface area contributed by atoms with Crippen LogP contribution in [0.2, 0.25) is 0 Å². The molecule has 2 N–H and O–H groups in total. The Morgan fingerprint density at radius 1 is 1.30 bits per heavy atom. The quantitative estimate of drug-likeness (QED) is 0.774. The van der Waals surface area contributed by atoms with Crippen LogP contribution in [-0.4, -0.2) is 25.0 Å². The fourth-order valence-corrected chi connectivity index (χ4v) is 2.19. The van der Waals surface area contributed by atoms with E-state index in [-0.39, 0.29) is 24.4 Å². The van der Waals surface area contributed by atoms with E-state index in [2.05, 4.69) is 29.7 Å². The van der Waals surface area contributed by atoms with Crippen molar-refractivity contribution >= 4 is 18.3 Å². The van der Waals surface area contributed by atoms with Crippen molar-refractivity contribution in [1.29, 1.82) is 0 Å². The van der Waals surface area contributed by atoms with Crippen molar-refractivity contribution in [2.24, 2.45) is 5.92 Å². The molecule has 0 saturated heterocycles. The highest BCUT2D eigenvalue weighted by atomic mass is 35.5.